The lowest BCUT2D eigenvalue weighted by Crippen LogP contribution is -2.45. The number of primary amides is 1. The van der Waals surface area contributed by atoms with Crippen molar-refractivity contribution in [3.63, 3.8) is 0 Å². The molecule has 2 N–H and O–H groups in total. The quantitative estimate of drug-likeness (QED) is 0.405. The van der Waals surface area contributed by atoms with Gasteiger partial charge in [0.05, 0.1) is 6.61 Å². The van der Waals surface area contributed by atoms with E-state index in [4.69, 9.17) is 19.9 Å². The van der Waals surface area contributed by atoms with Crippen molar-refractivity contribution >= 4 is 22.0 Å². The summed E-state index contributed by atoms with van der Waals surface area (Å²) in [6, 6.07) is 17.9. The van der Waals surface area contributed by atoms with Crippen LogP contribution < -0.4 is 10.5 Å². The van der Waals surface area contributed by atoms with E-state index in [9.17, 15) is 4.79 Å². The first-order valence-corrected chi connectivity index (χ1v) is 11.0. The molecule has 3 rings (SSSR count). The van der Waals surface area contributed by atoms with Crippen molar-refractivity contribution in [2.45, 2.75) is 25.1 Å². The molecule has 1 amide bonds. The average Bonchev–Trinajstić information content (AvgIpc) is 3.31. The summed E-state index contributed by atoms with van der Waals surface area (Å²) in [6.45, 7) is 4.18. The van der Waals surface area contributed by atoms with Crippen LogP contribution in [0.4, 0.5) is 4.79 Å². The molecule has 0 spiro atoms. The number of halogens is 1. The minimum Gasteiger partial charge on any atom is -0.468 e. The van der Waals surface area contributed by atoms with E-state index in [2.05, 4.69) is 38.1 Å². The number of ether oxygens (including phenoxy) is 3. The van der Waals surface area contributed by atoms with Crippen molar-refractivity contribution in [3.8, 4) is 16.9 Å². The zero-order valence-electron chi connectivity index (χ0n) is 18.2. The molecule has 0 fully saturated rings. The van der Waals surface area contributed by atoms with Crippen LogP contribution >= 0.6 is 15.9 Å². The van der Waals surface area contributed by atoms with Crippen LogP contribution in [0.15, 0.2) is 67.3 Å². The van der Waals surface area contributed by atoms with E-state index in [0.717, 1.165) is 11.1 Å². The molecule has 3 aromatic rings. The summed E-state index contributed by atoms with van der Waals surface area (Å²) in [4.78, 5) is 15.4. The monoisotopic (exact) mass is 502 g/mol. The highest BCUT2D eigenvalue weighted by molar-refractivity contribution is 9.09. The van der Waals surface area contributed by atoms with Gasteiger partial charge in [0.15, 0.2) is 11.2 Å². The van der Waals surface area contributed by atoms with Crippen LogP contribution in [0.5, 0.6) is 5.75 Å². The van der Waals surface area contributed by atoms with E-state index in [1.807, 2.05) is 56.3 Å². The lowest BCUT2D eigenvalue weighted by atomic mass is 9.78. The Morgan fingerprint density at radius 3 is 2.34 bits per heavy atom. The third kappa shape index (κ3) is 5.66. The number of carbonyl (C=O) groups excluding carboxylic acids is 1. The summed E-state index contributed by atoms with van der Waals surface area (Å²) >= 11 is 3.44. The van der Waals surface area contributed by atoms with E-state index < -0.39 is 22.7 Å². The second-order valence-corrected chi connectivity index (χ2v) is 8.74. The molecule has 0 radical (unpaired) electrons. The van der Waals surface area contributed by atoms with Gasteiger partial charge in [0, 0.05) is 18.4 Å². The normalized spacial score (nSPS) is 14.4. The maximum Gasteiger partial charge on any atom is 0.405 e. The largest absolute Gasteiger partial charge is 0.468 e. The highest BCUT2D eigenvalue weighted by atomic mass is 79.9. The van der Waals surface area contributed by atoms with E-state index in [-0.39, 0.29) is 5.92 Å². The number of carbonyl (C=O) groups is 1. The molecule has 8 nitrogen and oxygen atoms in total. The van der Waals surface area contributed by atoms with Crippen LogP contribution in [-0.2, 0) is 9.47 Å². The summed E-state index contributed by atoms with van der Waals surface area (Å²) in [5.74, 6) is 0.357. The van der Waals surface area contributed by atoms with Gasteiger partial charge in [-0.3, -0.25) is 0 Å². The zero-order chi connectivity index (χ0) is 23.1. The predicted molar refractivity (Wildman–Crippen MR) is 124 cm³/mol. The molecule has 0 aliphatic heterocycles. The molecule has 170 valence electrons. The number of benzene rings is 2. The summed E-state index contributed by atoms with van der Waals surface area (Å²) in [6.07, 6.45) is 1.56. The molecule has 0 bridgehead atoms. The Kier molecular flexibility index (Phi) is 7.87. The average molecular weight is 503 g/mol. The number of methoxy groups -OCH3 is 1. The fourth-order valence-corrected chi connectivity index (χ4v) is 3.96. The van der Waals surface area contributed by atoms with Crippen molar-refractivity contribution in [1.29, 1.82) is 0 Å². The highest BCUT2D eigenvalue weighted by Crippen LogP contribution is 2.42. The first-order valence-electron chi connectivity index (χ1n) is 10.1. The molecule has 0 saturated carbocycles. The second kappa shape index (κ2) is 10.6. The molecule has 3 atom stereocenters. The Morgan fingerprint density at radius 2 is 1.78 bits per heavy atom. The Balaban J connectivity index is 1.91. The van der Waals surface area contributed by atoms with Gasteiger partial charge < -0.3 is 19.9 Å². The number of hydrogen-bond donors (Lipinski definition) is 1. The van der Waals surface area contributed by atoms with Crippen molar-refractivity contribution in [1.82, 2.24) is 14.8 Å². The molecular formula is C23H27BrN4O4. The van der Waals surface area contributed by atoms with E-state index in [1.165, 1.54) is 6.33 Å². The lowest BCUT2D eigenvalue weighted by molar-refractivity contribution is -0.0712. The number of nitrogens with two attached hydrogens (primary N) is 1. The SMILES string of the molecule is COCC(C(Oc1ccc(-c2ccccc2)cc1)n1cncn1)C(C)(C)C(Br)OC(N)=O. The van der Waals surface area contributed by atoms with Gasteiger partial charge in [-0.15, -0.1) is 0 Å². The van der Waals surface area contributed by atoms with Gasteiger partial charge in [0.1, 0.15) is 18.4 Å². The lowest BCUT2D eigenvalue weighted by Gasteiger charge is -2.40. The van der Waals surface area contributed by atoms with Gasteiger partial charge in [-0.1, -0.05) is 56.3 Å². The molecule has 0 saturated heterocycles. The van der Waals surface area contributed by atoms with Crippen LogP contribution in [0.3, 0.4) is 0 Å². The number of nitrogens with zero attached hydrogens (tertiary/aromatic N) is 3. The molecule has 1 aromatic heterocycles. The van der Waals surface area contributed by atoms with Crippen LogP contribution in [0.2, 0.25) is 0 Å². The Hall–Kier alpha value is -2.91. The fourth-order valence-electron chi connectivity index (χ4n) is 3.43. The molecule has 32 heavy (non-hydrogen) atoms. The fraction of sp³-hybridized carbons (Fsp3) is 0.348. The van der Waals surface area contributed by atoms with Gasteiger partial charge >= 0.3 is 6.09 Å². The smallest absolute Gasteiger partial charge is 0.405 e. The number of alkyl halides is 1. The molecule has 0 aliphatic carbocycles. The maximum absolute atomic E-state index is 11.4. The number of rotatable bonds is 10. The van der Waals surface area contributed by atoms with Crippen molar-refractivity contribution in [2.24, 2.45) is 17.1 Å². The molecule has 9 heteroatoms. The molecular weight excluding hydrogens is 476 g/mol. The van der Waals surface area contributed by atoms with Gasteiger partial charge in [0.2, 0.25) is 0 Å². The summed E-state index contributed by atoms with van der Waals surface area (Å²) in [5.41, 5.74) is 6.80. The Bertz CT molecular complexity index is 981. The number of aromatic nitrogens is 3. The van der Waals surface area contributed by atoms with Crippen molar-refractivity contribution in [3.05, 3.63) is 67.3 Å². The van der Waals surface area contributed by atoms with E-state index >= 15 is 0 Å². The van der Waals surface area contributed by atoms with Crippen LogP contribution in [0.25, 0.3) is 11.1 Å². The first kappa shape index (κ1) is 23.7. The standard InChI is InChI=1S/C23H27BrN4O4/c1-23(2,21(24)32-22(25)29)19(13-30-3)20(28-15-26-14-27-28)31-18-11-9-17(10-12-18)16-7-5-4-6-8-16/h4-12,14-15,19-21H,13H2,1-3H3,(H2,25,29). The highest BCUT2D eigenvalue weighted by Gasteiger charge is 2.45. The third-order valence-corrected chi connectivity index (χ3v) is 6.73. The summed E-state index contributed by atoms with van der Waals surface area (Å²) in [7, 11) is 1.61. The molecule has 0 aliphatic rings. The second-order valence-electron chi connectivity index (χ2n) is 7.91. The predicted octanol–water partition coefficient (Wildman–Crippen LogP) is 4.63. The first-order chi connectivity index (χ1) is 15.3. The van der Waals surface area contributed by atoms with E-state index in [0.29, 0.717) is 12.4 Å². The topological polar surface area (TPSA) is 101 Å². The zero-order valence-corrected chi connectivity index (χ0v) is 19.8. The molecule has 3 unspecified atom stereocenters. The molecule has 2 aromatic carbocycles. The van der Waals surface area contributed by atoms with Gasteiger partial charge in [-0.25, -0.2) is 14.5 Å². The van der Waals surface area contributed by atoms with Gasteiger partial charge in [0.25, 0.3) is 0 Å². The Morgan fingerprint density at radius 1 is 1.12 bits per heavy atom. The van der Waals surface area contributed by atoms with Gasteiger partial charge in [-0.2, -0.15) is 5.10 Å². The van der Waals surface area contributed by atoms with Crippen LogP contribution in [0, 0.1) is 11.3 Å². The van der Waals surface area contributed by atoms with Crippen molar-refractivity contribution < 1.29 is 19.0 Å². The van der Waals surface area contributed by atoms with Crippen LogP contribution in [-0.4, -0.2) is 39.6 Å². The summed E-state index contributed by atoms with van der Waals surface area (Å²) < 4.78 is 18.7. The number of hydrogen-bond acceptors (Lipinski definition) is 6. The minimum atomic E-state index is -0.870. The molecule has 1 heterocycles. The third-order valence-electron chi connectivity index (χ3n) is 5.37. The van der Waals surface area contributed by atoms with Crippen molar-refractivity contribution in [2.75, 3.05) is 13.7 Å². The van der Waals surface area contributed by atoms with Gasteiger partial charge in [-0.05, 0) is 39.2 Å². The Labute approximate surface area is 195 Å². The maximum atomic E-state index is 11.4. The summed E-state index contributed by atoms with van der Waals surface area (Å²) in [5, 5.41) is 3.61. The van der Waals surface area contributed by atoms with Crippen LogP contribution in [0.1, 0.15) is 20.1 Å². The number of amides is 1. The van der Waals surface area contributed by atoms with E-state index in [1.54, 1.807) is 18.1 Å². The minimum absolute atomic E-state index is 0.299.